The number of nitrogens with zero attached hydrogens (tertiary/aromatic N) is 2. The molecule has 0 aliphatic heterocycles. The Morgan fingerprint density at radius 2 is 1.69 bits per heavy atom. The van der Waals surface area contributed by atoms with E-state index in [0.717, 1.165) is 28.3 Å². The Morgan fingerprint density at radius 1 is 1.03 bits per heavy atom. The van der Waals surface area contributed by atoms with Gasteiger partial charge in [-0.05, 0) is 79.4 Å². The van der Waals surface area contributed by atoms with Crippen LogP contribution in [-0.4, -0.2) is 35.1 Å². The summed E-state index contributed by atoms with van der Waals surface area (Å²) >= 11 is 0. The molecule has 1 N–H and O–H groups in total. The number of sulfonamides is 1. The highest BCUT2D eigenvalue weighted by Gasteiger charge is 2.44. The van der Waals surface area contributed by atoms with Gasteiger partial charge < -0.3 is 14.8 Å². The van der Waals surface area contributed by atoms with Crippen molar-refractivity contribution in [2.24, 2.45) is 0 Å². The Hall–Kier alpha value is -4.03. The summed E-state index contributed by atoms with van der Waals surface area (Å²) in [7, 11) is -1.26. The highest BCUT2D eigenvalue weighted by molar-refractivity contribution is 7.93. The van der Waals surface area contributed by atoms with Crippen molar-refractivity contribution >= 4 is 27.3 Å². The molecule has 0 atom stereocenters. The number of aryl methyl sites for hydroxylation is 1. The first-order valence-electron chi connectivity index (χ1n) is 11.4. The van der Waals surface area contributed by atoms with Crippen LogP contribution in [-0.2, 0) is 20.2 Å². The molecule has 0 bridgehead atoms. The number of hydrogen-bond acceptors (Lipinski definition) is 6. The number of nitrogens with one attached hydrogen (secondary N) is 1. The van der Waals surface area contributed by atoms with Gasteiger partial charge in [-0.2, -0.15) is 5.26 Å². The number of benzene rings is 3. The van der Waals surface area contributed by atoms with Gasteiger partial charge in [-0.3, -0.25) is 9.10 Å². The third-order valence-electron chi connectivity index (χ3n) is 6.22. The molecule has 1 fully saturated rings. The molecule has 0 heterocycles. The Balaban J connectivity index is 1.63. The summed E-state index contributed by atoms with van der Waals surface area (Å²) in [6.45, 7) is 1.32. The van der Waals surface area contributed by atoms with Crippen LogP contribution in [0.15, 0.2) is 71.6 Å². The predicted molar refractivity (Wildman–Crippen MR) is 137 cm³/mol. The molecule has 9 heteroatoms. The van der Waals surface area contributed by atoms with Crippen LogP contribution >= 0.6 is 0 Å². The van der Waals surface area contributed by atoms with E-state index in [1.165, 1.54) is 20.3 Å². The summed E-state index contributed by atoms with van der Waals surface area (Å²) in [4.78, 5) is 13.0. The Morgan fingerprint density at radius 3 is 2.25 bits per heavy atom. The van der Waals surface area contributed by atoms with Crippen LogP contribution in [0.4, 0.5) is 11.4 Å². The number of amides is 1. The zero-order chi connectivity index (χ0) is 25.9. The molecule has 0 radical (unpaired) electrons. The molecule has 186 valence electrons. The molecule has 36 heavy (non-hydrogen) atoms. The fourth-order valence-corrected chi connectivity index (χ4v) is 5.63. The van der Waals surface area contributed by atoms with Crippen LogP contribution in [0, 0.1) is 18.3 Å². The number of methoxy groups -OCH3 is 2. The van der Waals surface area contributed by atoms with Crippen molar-refractivity contribution in [2.45, 2.75) is 30.1 Å². The van der Waals surface area contributed by atoms with Crippen molar-refractivity contribution in [3.63, 3.8) is 0 Å². The molecular formula is C27H27N3O5S. The van der Waals surface area contributed by atoms with Gasteiger partial charge in [-0.15, -0.1) is 0 Å². The van der Waals surface area contributed by atoms with E-state index in [1.807, 2.05) is 12.1 Å². The van der Waals surface area contributed by atoms with Crippen molar-refractivity contribution < 1.29 is 22.7 Å². The topological polar surface area (TPSA) is 109 Å². The molecule has 0 unspecified atom stereocenters. The molecule has 0 spiro atoms. The number of ether oxygens (including phenoxy) is 2. The van der Waals surface area contributed by atoms with E-state index >= 15 is 0 Å². The van der Waals surface area contributed by atoms with Gasteiger partial charge in [0.25, 0.3) is 10.0 Å². The maximum absolute atomic E-state index is 13.8. The lowest BCUT2D eigenvalue weighted by Crippen LogP contribution is -2.38. The molecule has 8 nitrogen and oxygen atoms in total. The predicted octanol–water partition coefficient (Wildman–Crippen LogP) is 4.40. The molecule has 0 aromatic heterocycles. The van der Waals surface area contributed by atoms with E-state index in [0.29, 0.717) is 17.1 Å². The first-order valence-corrected chi connectivity index (χ1v) is 12.8. The van der Waals surface area contributed by atoms with Crippen LogP contribution in [0.1, 0.15) is 24.0 Å². The third kappa shape index (κ3) is 4.99. The second kappa shape index (κ2) is 9.91. The number of carbonyl (C=O) groups is 1. The largest absolute Gasteiger partial charge is 0.497 e. The van der Waals surface area contributed by atoms with Gasteiger partial charge in [0.15, 0.2) is 0 Å². The van der Waals surface area contributed by atoms with Gasteiger partial charge in [-0.1, -0.05) is 18.2 Å². The fourth-order valence-electron chi connectivity index (χ4n) is 3.96. The lowest BCUT2D eigenvalue weighted by molar-refractivity contribution is -0.114. The summed E-state index contributed by atoms with van der Waals surface area (Å²) < 4.78 is 39.2. The molecule has 1 amide bonds. The number of rotatable bonds is 9. The fraction of sp³-hybridized carbons (Fsp3) is 0.259. The maximum atomic E-state index is 13.8. The zero-order valence-corrected chi connectivity index (χ0v) is 21.1. The van der Waals surface area contributed by atoms with E-state index in [1.54, 1.807) is 55.5 Å². The minimum atomic E-state index is -4.18. The molecule has 1 aliphatic rings. The molecule has 3 aromatic rings. The smallest absolute Gasteiger partial charge is 0.268 e. The number of carbonyl (C=O) groups excluding carboxylic acids is 1. The standard InChI is InChI=1S/C27H27N3O5S/c1-19-4-13-24(35-3)25(16-19)36(32,33)30(22-9-11-23(34-2)12-10-22)17-26(31)29-21-7-5-20(6-8-21)27(18-28)14-15-27/h4-13,16H,14-15,17H2,1-3H3,(H,29,31). The quantitative estimate of drug-likeness (QED) is 0.462. The monoisotopic (exact) mass is 505 g/mol. The van der Waals surface area contributed by atoms with Crippen molar-refractivity contribution in [3.8, 4) is 17.6 Å². The van der Waals surface area contributed by atoms with Crippen molar-refractivity contribution in [1.82, 2.24) is 0 Å². The number of nitriles is 1. The second-order valence-corrected chi connectivity index (χ2v) is 10.5. The molecule has 4 rings (SSSR count). The van der Waals surface area contributed by atoms with Crippen LogP contribution < -0.4 is 19.1 Å². The highest BCUT2D eigenvalue weighted by Crippen LogP contribution is 2.47. The van der Waals surface area contributed by atoms with E-state index in [2.05, 4.69) is 11.4 Å². The minimum absolute atomic E-state index is 0.0378. The number of anilines is 2. The van der Waals surface area contributed by atoms with E-state index in [9.17, 15) is 18.5 Å². The van der Waals surface area contributed by atoms with Gasteiger partial charge in [-0.25, -0.2) is 8.42 Å². The normalized spacial score (nSPS) is 13.8. The summed E-state index contributed by atoms with van der Waals surface area (Å²) in [5, 5.41) is 12.2. The SMILES string of the molecule is COc1ccc(N(CC(=O)Nc2ccc(C3(C#N)CC3)cc2)S(=O)(=O)c2cc(C)ccc2OC)cc1. The summed E-state index contributed by atoms with van der Waals surface area (Å²) in [5.74, 6) is 0.219. The van der Waals surface area contributed by atoms with Crippen LogP contribution in [0.2, 0.25) is 0 Å². The zero-order valence-electron chi connectivity index (χ0n) is 20.3. The molecular weight excluding hydrogens is 478 g/mol. The lowest BCUT2D eigenvalue weighted by atomic mass is 9.98. The minimum Gasteiger partial charge on any atom is -0.497 e. The molecule has 3 aromatic carbocycles. The second-order valence-electron chi connectivity index (χ2n) is 8.68. The summed E-state index contributed by atoms with van der Waals surface area (Å²) in [6.07, 6.45) is 1.65. The first-order chi connectivity index (χ1) is 17.2. The summed E-state index contributed by atoms with van der Waals surface area (Å²) in [6, 6.07) is 20.7. The highest BCUT2D eigenvalue weighted by atomic mass is 32.2. The van der Waals surface area contributed by atoms with Crippen molar-refractivity contribution in [3.05, 3.63) is 77.9 Å². The average Bonchev–Trinajstić information content (AvgIpc) is 3.69. The van der Waals surface area contributed by atoms with E-state index < -0.39 is 27.9 Å². The first kappa shape index (κ1) is 25.1. The Labute approximate surface area is 211 Å². The van der Waals surface area contributed by atoms with Gasteiger partial charge >= 0.3 is 0 Å². The van der Waals surface area contributed by atoms with E-state index in [4.69, 9.17) is 9.47 Å². The maximum Gasteiger partial charge on any atom is 0.268 e. The van der Waals surface area contributed by atoms with Gasteiger partial charge in [0.1, 0.15) is 22.9 Å². The third-order valence-corrected chi connectivity index (χ3v) is 8.02. The van der Waals surface area contributed by atoms with Crippen molar-refractivity contribution in [2.75, 3.05) is 30.4 Å². The Bertz CT molecular complexity index is 1410. The van der Waals surface area contributed by atoms with Crippen LogP contribution in [0.3, 0.4) is 0 Å². The average molecular weight is 506 g/mol. The lowest BCUT2D eigenvalue weighted by Gasteiger charge is -2.25. The Kier molecular flexibility index (Phi) is 6.91. The van der Waals surface area contributed by atoms with Gasteiger partial charge in [0, 0.05) is 5.69 Å². The molecule has 1 saturated carbocycles. The van der Waals surface area contributed by atoms with Gasteiger partial charge in [0.2, 0.25) is 5.91 Å². The number of hydrogen-bond donors (Lipinski definition) is 1. The van der Waals surface area contributed by atoms with Crippen LogP contribution in [0.5, 0.6) is 11.5 Å². The molecule has 1 aliphatic carbocycles. The summed E-state index contributed by atoms with van der Waals surface area (Å²) in [5.41, 5.74) is 2.04. The van der Waals surface area contributed by atoms with E-state index in [-0.39, 0.29) is 10.6 Å². The van der Waals surface area contributed by atoms with Crippen molar-refractivity contribution in [1.29, 1.82) is 5.26 Å². The molecule has 0 saturated heterocycles. The van der Waals surface area contributed by atoms with Gasteiger partial charge in [0.05, 0.1) is 31.4 Å². The van der Waals surface area contributed by atoms with Crippen LogP contribution in [0.25, 0.3) is 0 Å².